The first-order valence-corrected chi connectivity index (χ1v) is 19.1. The molecule has 276 valence electrons. The molecular weight excluding hydrogens is 606 g/mol. The number of esters is 1. The second-order valence-corrected chi connectivity index (χ2v) is 20.2. The number of hydrogen-bond donors (Lipinski definition) is 3. The van der Waals surface area contributed by atoms with Crippen LogP contribution in [0.25, 0.3) is 0 Å². The van der Waals surface area contributed by atoms with Crippen LogP contribution in [0.15, 0.2) is 0 Å². The standard InChI is InChI=1S/C40H69NO7/c1-23(2)31(41-33(44)48-34(3,4)5)32(43)46-28-16-18-37(10)26(35(28,6)7)15-20-38(11)27(37)22-25(42)30-24(14-19-39(30,38)12)40(13)21-17-29(47-40)36(8,9)45/h23-31,42,45H,14-22H2,1-13H3,(H,41,44)/t24-,25+,26-,27+,28-,29-,30-,31-,37-,38+,39+,40-/m0/s1. The average Bonchev–Trinajstić information content (AvgIpc) is 3.52. The van der Waals surface area contributed by atoms with Crippen molar-refractivity contribution in [3.8, 4) is 0 Å². The molecule has 4 aliphatic carbocycles. The minimum absolute atomic E-state index is 0.00155. The summed E-state index contributed by atoms with van der Waals surface area (Å²) in [5, 5.41) is 25.8. The molecule has 0 bridgehead atoms. The summed E-state index contributed by atoms with van der Waals surface area (Å²) < 4.78 is 18.5. The number of carbonyl (C=O) groups is 2. The van der Waals surface area contributed by atoms with E-state index < -0.39 is 35.4 Å². The van der Waals surface area contributed by atoms with Crippen molar-refractivity contribution in [2.24, 2.45) is 51.2 Å². The average molecular weight is 676 g/mol. The Morgan fingerprint density at radius 3 is 2.04 bits per heavy atom. The van der Waals surface area contributed by atoms with Gasteiger partial charge in [-0.1, -0.05) is 48.5 Å². The fourth-order valence-corrected chi connectivity index (χ4v) is 12.4. The molecule has 4 saturated carbocycles. The number of fused-ring (bicyclic) bond motifs is 5. The zero-order valence-corrected chi connectivity index (χ0v) is 32.5. The second kappa shape index (κ2) is 12.1. The first-order chi connectivity index (χ1) is 21.8. The fraction of sp³-hybridized carbons (Fsp3) is 0.950. The summed E-state index contributed by atoms with van der Waals surface area (Å²) in [7, 11) is 0. The normalized spacial score (nSPS) is 44.7. The van der Waals surface area contributed by atoms with Crippen LogP contribution in [-0.2, 0) is 19.0 Å². The summed E-state index contributed by atoms with van der Waals surface area (Å²) in [5.41, 5.74) is -2.09. The Bertz CT molecular complexity index is 1230. The Balaban J connectivity index is 1.35. The van der Waals surface area contributed by atoms with E-state index in [2.05, 4.69) is 46.9 Å². The van der Waals surface area contributed by atoms with Gasteiger partial charge < -0.3 is 29.7 Å². The Labute approximate surface area is 291 Å². The van der Waals surface area contributed by atoms with Gasteiger partial charge in [0.1, 0.15) is 17.7 Å². The van der Waals surface area contributed by atoms with Gasteiger partial charge in [-0.3, -0.25) is 0 Å². The van der Waals surface area contributed by atoms with Crippen molar-refractivity contribution in [1.82, 2.24) is 5.32 Å². The lowest BCUT2D eigenvalue weighted by Gasteiger charge is -2.70. The number of amides is 1. The number of nitrogens with one attached hydrogen (secondary N) is 1. The monoisotopic (exact) mass is 676 g/mol. The van der Waals surface area contributed by atoms with Crippen LogP contribution < -0.4 is 5.32 Å². The van der Waals surface area contributed by atoms with Gasteiger partial charge in [0.25, 0.3) is 0 Å². The Hall–Kier alpha value is -1.38. The molecule has 1 heterocycles. The number of alkyl carbamates (subject to hydrolysis) is 1. The molecule has 12 atom stereocenters. The summed E-state index contributed by atoms with van der Waals surface area (Å²) >= 11 is 0. The Morgan fingerprint density at radius 2 is 1.48 bits per heavy atom. The highest BCUT2D eigenvalue weighted by atomic mass is 16.6. The minimum atomic E-state index is -0.876. The van der Waals surface area contributed by atoms with E-state index in [-0.39, 0.29) is 57.2 Å². The maximum absolute atomic E-state index is 13.7. The van der Waals surface area contributed by atoms with Crippen molar-refractivity contribution in [3.63, 3.8) is 0 Å². The van der Waals surface area contributed by atoms with E-state index in [4.69, 9.17) is 14.2 Å². The van der Waals surface area contributed by atoms with Gasteiger partial charge >= 0.3 is 12.1 Å². The molecule has 3 N–H and O–H groups in total. The van der Waals surface area contributed by atoms with Gasteiger partial charge in [-0.2, -0.15) is 0 Å². The van der Waals surface area contributed by atoms with E-state index in [1.54, 1.807) is 20.8 Å². The zero-order chi connectivity index (χ0) is 36.0. The maximum Gasteiger partial charge on any atom is 0.408 e. The number of aliphatic hydroxyl groups excluding tert-OH is 1. The number of carbonyl (C=O) groups excluding carboxylic acids is 2. The molecule has 5 aliphatic rings. The van der Waals surface area contributed by atoms with Crippen LogP contribution in [0.5, 0.6) is 0 Å². The molecule has 1 saturated heterocycles. The molecule has 0 spiro atoms. The molecule has 0 aromatic heterocycles. The van der Waals surface area contributed by atoms with Crippen LogP contribution in [0.4, 0.5) is 4.79 Å². The molecule has 0 aromatic rings. The van der Waals surface area contributed by atoms with E-state index in [1.165, 1.54) is 0 Å². The molecule has 5 fully saturated rings. The molecule has 1 aliphatic heterocycles. The van der Waals surface area contributed by atoms with Gasteiger partial charge in [0, 0.05) is 5.41 Å². The lowest BCUT2D eigenvalue weighted by atomic mass is 9.35. The largest absolute Gasteiger partial charge is 0.460 e. The Morgan fingerprint density at radius 1 is 0.854 bits per heavy atom. The van der Waals surface area contributed by atoms with E-state index in [1.807, 2.05) is 27.7 Å². The third kappa shape index (κ3) is 6.14. The SMILES string of the molecule is CC(C)[C@H](NC(=O)OC(C)(C)C)C(=O)O[C@H]1CC[C@]2(C)[C@H]3C[C@@H](O)[C@@H]4[C@@H]([C@]5(C)CC[C@@H](C(C)(C)O)O5)CC[C@@]4(C)[C@]3(C)CC[C@H]2C1(C)C. The number of ether oxygens (including phenoxy) is 3. The first kappa shape index (κ1) is 37.9. The molecule has 0 radical (unpaired) electrons. The Kier molecular flexibility index (Phi) is 9.55. The topological polar surface area (TPSA) is 114 Å². The minimum Gasteiger partial charge on any atom is -0.460 e. The van der Waals surface area contributed by atoms with Gasteiger partial charge in [-0.25, -0.2) is 9.59 Å². The number of rotatable bonds is 6. The van der Waals surface area contributed by atoms with Crippen LogP contribution in [0, 0.1) is 51.2 Å². The van der Waals surface area contributed by atoms with Crippen LogP contribution in [0.2, 0.25) is 0 Å². The second-order valence-electron chi connectivity index (χ2n) is 20.2. The summed E-state index contributed by atoms with van der Waals surface area (Å²) in [4.78, 5) is 26.3. The highest BCUT2D eigenvalue weighted by molar-refractivity contribution is 5.81. The van der Waals surface area contributed by atoms with E-state index >= 15 is 0 Å². The number of aliphatic hydroxyl groups is 2. The summed E-state index contributed by atoms with van der Waals surface area (Å²) in [6.07, 6.45) is 7.11. The van der Waals surface area contributed by atoms with Crippen molar-refractivity contribution in [3.05, 3.63) is 0 Å². The molecule has 5 rings (SSSR count). The van der Waals surface area contributed by atoms with E-state index in [0.717, 1.165) is 57.8 Å². The van der Waals surface area contributed by atoms with Gasteiger partial charge in [0.05, 0.1) is 23.4 Å². The van der Waals surface area contributed by atoms with Crippen molar-refractivity contribution in [1.29, 1.82) is 0 Å². The van der Waals surface area contributed by atoms with Crippen LogP contribution in [0.1, 0.15) is 148 Å². The highest BCUT2D eigenvalue weighted by Crippen LogP contribution is 2.76. The zero-order valence-electron chi connectivity index (χ0n) is 32.5. The van der Waals surface area contributed by atoms with Crippen molar-refractivity contribution in [2.75, 3.05) is 0 Å². The maximum atomic E-state index is 13.7. The molecule has 8 nitrogen and oxygen atoms in total. The van der Waals surface area contributed by atoms with Crippen LogP contribution in [0.3, 0.4) is 0 Å². The summed E-state index contributed by atoms with van der Waals surface area (Å²) in [6, 6.07) is -0.788. The molecular formula is C40H69NO7. The summed E-state index contributed by atoms with van der Waals surface area (Å²) in [6.45, 7) is 27.2. The number of hydrogen-bond acceptors (Lipinski definition) is 7. The predicted octanol–water partition coefficient (Wildman–Crippen LogP) is 7.81. The van der Waals surface area contributed by atoms with Gasteiger partial charge in [-0.15, -0.1) is 0 Å². The fourth-order valence-electron chi connectivity index (χ4n) is 12.4. The molecule has 8 heteroatoms. The van der Waals surface area contributed by atoms with Gasteiger partial charge in [0.15, 0.2) is 0 Å². The third-order valence-electron chi connectivity index (χ3n) is 15.1. The molecule has 0 aromatic carbocycles. The van der Waals surface area contributed by atoms with Gasteiger partial charge in [0.2, 0.25) is 0 Å². The van der Waals surface area contributed by atoms with Crippen molar-refractivity contribution < 1.29 is 34.0 Å². The quantitative estimate of drug-likeness (QED) is 0.246. The van der Waals surface area contributed by atoms with E-state index in [9.17, 15) is 19.8 Å². The molecule has 1 amide bonds. The smallest absolute Gasteiger partial charge is 0.408 e. The predicted molar refractivity (Wildman–Crippen MR) is 187 cm³/mol. The van der Waals surface area contributed by atoms with E-state index in [0.29, 0.717) is 11.8 Å². The van der Waals surface area contributed by atoms with Gasteiger partial charge in [-0.05, 0) is 145 Å². The lowest BCUT2D eigenvalue weighted by molar-refractivity contribution is -0.251. The van der Waals surface area contributed by atoms with Crippen LogP contribution >= 0.6 is 0 Å². The van der Waals surface area contributed by atoms with Crippen molar-refractivity contribution >= 4 is 12.1 Å². The third-order valence-corrected chi connectivity index (χ3v) is 15.1. The molecule has 0 unspecified atom stereocenters. The summed E-state index contributed by atoms with van der Waals surface area (Å²) in [5.74, 6) is 0.575. The lowest BCUT2D eigenvalue weighted by Crippen LogP contribution is -2.67. The van der Waals surface area contributed by atoms with Crippen molar-refractivity contribution in [2.45, 2.75) is 189 Å². The highest BCUT2D eigenvalue weighted by Gasteiger charge is 2.72. The molecule has 48 heavy (non-hydrogen) atoms. The first-order valence-electron chi connectivity index (χ1n) is 19.1. The van der Waals surface area contributed by atoms with Crippen LogP contribution in [-0.4, -0.2) is 63.4 Å².